The van der Waals surface area contributed by atoms with Gasteiger partial charge in [0.2, 0.25) is 11.8 Å². The molecule has 3 amide bonds. The summed E-state index contributed by atoms with van der Waals surface area (Å²) in [5.41, 5.74) is 0.948. The molecule has 0 radical (unpaired) electrons. The number of halogens is 2. The summed E-state index contributed by atoms with van der Waals surface area (Å²) in [4.78, 5) is 34.0. The van der Waals surface area contributed by atoms with Gasteiger partial charge >= 0.3 is 6.03 Å². The predicted octanol–water partition coefficient (Wildman–Crippen LogP) is 6.00. The molecule has 43 heavy (non-hydrogen) atoms. The van der Waals surface area contributed by atoms with Crippen molar-refractivity contribution in [1.29, 1.82) is 0 Å². The number of carbonyl (C=O) groups excluding carboxylic acids is 2. The van der Waals surface area contributed by atoms with Gasteiger partial charge in [0, 0.05) is 69.7 Å². The Kier molecular flexibility index (Phi) is 9.03. The Morgan fingerprint density at radius 3 is 2.28 bits per heavy atom. The number of amides is 3. The smallest absolute Gasteiger partial charge is 0.320 e. The molecule has 7 nitrogen and oxygen atoms in total. The maximum atomic E-state index is 13.8. The van der Waals surface area contributed by atoms with Crippen LogP contribution in [0.5, 0.6) is 0 Å². The number of hydrogen-bond acceptors (Lipinski definition) is 4. The second-order valence-corrected chi connectivity index (χ2v) is 14.3. The first-order chi connectivity index (χ1) is 20.6. The first-order valence-electron chi connectivity index (χ1n) is 16.8. The van der Waals surface area contributed by atoms with Gasteiger partial charge in [0.1, 0.15) is 0 Å². The lowest BCUT2D eigenvalue weighted by Gasteiger charge is -2.49. The summed E-state index contributed by atoms with van der Waals surface area (Å²) < 4.78 is 33.0. The van der Waals surface area contributed by atoms with Gasteiger partial charge in [0.05, 0.1) is 11.6 Å². The molecule has 1 N–H and O–H groups in total. The highest BCUT2D eigenvalue weighted by Gasteiger charge is 2.57. The number of hydrogen-bond donors (Lipinski definition) is 1. The Morgan fingerprint density at radius 2 is 1.65 bits per heavy atom. The zero-order chi connectivity index (χ0) is 30.2. The van der Waals surface area contributed by atoms with Gasteiger partial charge < -0.3 is 19.9 Å². The molecule has 1 aromatic rings. The lowest BCUT2D eigenvalue weighted by atomic mass is 9.81. The molecular weight excluding hydrogens is 550 g/mol. The number of fused-ring (bicyclic) bond motifs is 2. The third-order valence-electron chi connectivity index (χ3n) is 11.1. The summed E-state index contributed by atoms with van der Waals surface area (Å²) in [5.74, 6) is -2.55. The number of nitrogens with zero attached hydrogens (tertiary/aromatic N) is 3. The van der Waals surface area contributed by atoms with E-state index in [1.807, 2.05) is 18.2 Å². The quantitative estimate of drug-likeness (QED) is 0.378. The van der Waals surface area contributed by atoms with Gasteiger partial charge in [-0.2, -0.15) is 0 Å². The number of nitrogens with one attached hydrogen (secondary N) is 1. The monoisotopic (exact) mass is 600 g/mol. The van der Waals surface area contributed by atoms with E-state index in [1.54, 1.807) is 0 Å². The summed E-state index contributed by atoms with van der Waals surface area (Å²) in [6.07, 6.45) is 7.20. The second-order valence-electron chi connectivity index (χ2n) is 14.3. The van der Waals surface area contributed by atoms with Crippen LogP contribution in [0.3, 0.4) is 0 Å². The number of alkyl halides is 2. The van der Waals surface area contributed by atoms with Crippen molar-refractivity contribution in [1.82, 2.24) is 20.0 Å². The SMILES string of the molecule is CC(C)N1C(=O)N(CC2CCOCC2)CC12C[C@H]1CC[C@@H](C2)N1CC[C@H](NC(=O)C1CCC(F)(F)CC1)c1ccccc1. The van der Waals surface area contributed by atoms with E-state index >= 15 is 0 Å². The van der Waals surface area contributed by atoms with Crippen LogP contribution in [0.1, 0.15) is 96.1 Å². The number of urea groups is 1. The largest absolute Gasteiger partial charge is 0.381 e. The summed E-state index contributed by atoms with van der Waals surface area (Å²) in [5, 5.41) is 3.26. The molecule has 4 saturated heterocycles. The molecule has 1 unspecified atom stereocenters. The second kappa shape index (κ2) is 12.6. The molecular formula is C34H50F2N4O3. The average Bonchev–Trinajstić information content (AvgIpc) is 3.39. The van der Waals surface area contributed by atoms with Crippen LogP contribution in [0.4, 0.5) is 13.6 Å². The number of rotatable bonds is 9. The van der Waals surface area contributed by atoms with Crippen molar-refractivity contribution in [3.8, 4) is 0 Å². The molecule has 1 aliphatic carbocycles. The molecule has 1 spiro atoms. The maximum absolute atomic E-state index is 13.8. The molecule has 4 heterocycles. The Morgan fingerprint density at radius 1 is 1.00 bits per heavy atom. The zero-order valence-corrected chi connectivity index (χ0v) is 26.0. The third-order valence-corrected chi connectivity index (χ3v) is 11.1. The molecule has 5 fully saturated rings. The lowest BCUT2D eigenvalue weighted by molar-refractivity contribution is -0.130. The molecule has 9 heteroatoms. The van der Waals surface area contributed by atoms with Crippen molar-refractivity contribution in [2.45, 2.75) is 120 Å². The van der Waals surface area contributed by atoms with Gasteiger partial charge in [-0.15, -0.1) is 0 Å². The molecule has 4 aliphatic heterocycles. The van der Waals surface area contributed by atoms with Crippen LogP contribution in [0.15, 0.2) is 30.3 Å². The molecule has 238 valence electrons. The van der Waals surface area contributed by atoms with E-state index in [-0.39, 0.29) is 61.2 Å². The highest BCUT2D eigenvalue weighted by atomic mass is 19.3. The Balaban J connectivity index is 1.12. The first-order valence-corrected chi connectivity index (χ1v) is 16.8. The van der Waals surface area contributed by atoms with Crippen LogP contribution >= 0.6 is 0 Å². The molecule has 1 saturated carbocycles. The zero-order valence-electron chi connectivity index (χ0n) is 26.0. The van der Waals surface area contributed by atoms with E-state index in [4.69, 9.17) is 4.74 Å². The van der Waals surface area contributed by atoms with E-state index in [0.717, 1.165) is 83.4 Å². The van der Waals surface area contributed by atoms with E-state index in [2.05, 4.69) is 46.0 Å². The van der Waals surface area contributed by atoms with Gasteiger partial charge in [-0.3, -0.25) is 9.69 Å². The van der Waals surface area contributed by atoms with Crippen LogP contribution in [-0.2, 0) is 9.53 Å². The molecule has 5 aliphatic rings. The molecule has 6 rings (SSSR count). The minimum atomic E-state index is -2.64. The van der Waals surface area contributed by atoms with Gasteiger partial charge in [-0.25, -0.2) is 13.6 Å². The summed E-state index contributed by atoms with van der Waals surface area (Å²) in [7, 11) is 0. The fourth-order valence-electron chi connectivity index (χ4n) is 8.99. The van der Waals surface area contributed by atoms with Gasteiger partial charge in [0.15, 0.2) is 0 Å². The van der Waals surface area contributed by atoms with E-state index in [0.29, 0.717) is 18.0 Å². The topological polar surface area (TPSA) is 65.1 Å². The van der Waals surface area contributed by atoms with Crippen molar-refractivity contribution in [2.24, 2.45) is 11.8 Å². The number of piperidine rings is 1. The molecule has 0 aromatic heterocycles. The summed E-state index contributed by atoms with van der Waals surface area (Å²) >= 11 is 0. The Hall–Kier alpha value is -2.26. The van der Waals surface area contributed by atoms with Crippen LogP contribution in [0.2, 0.25) is 0 Å². The normalized spacial score (nSPS) is 30.9. The van der Waals surface area contributed by atoms with Crippen LogP contribution in [-0.4, -0.2) is 89.1 Å². The lowest BCUT2D eigenvalue weighted by Crippen LogP contribution is -2.60. The van der Waals surface area contributed by atoms with Gasteiger partial charge in [0.25, 0.3) is 0 Å². The number of carbonyl (C=O) groups is 2. The average molecular weight is 601 g/mol. The molecule has 2 bridgehead atoms. The van der Waals surface area contributed by atoms with Gasteiger partial charge in [-0.1, -0.05) is 30.3 Å². The maximum Gasteiger partial charge on any atom is 0.320 e. The molecule has 1 aromatic carbocycles. The van der Waals surface area contributed by atoms with E-state index < -0.39 is 5.92 Å². The highest BCUT2D eigenvalue weighted by molar-refractivity contribution is 5.79. The van der Waals surface area contributed by atoms with Crippen molar-refractivity contribution in [2.75, 3.05) is 32.8 Å². The molecule has 4 atom stereocenters. The summed E-state index contributed by atoms with van der Waals surface area (Å²) in [6.45, 7) is 8.45. The van der Waals surface area contributed by atoms with Gasteiger partial charge in [-0.05, 0) is 83.1 Å². The fraction of sp³-hybridized carbons (Fsp3) is 0.765. The Labute approximate surface area is 255 Å². The predicted molar refractivity (Wildman–Crippen MR) is 162 cm³/mol. The highest BCUT2D eigenvalue weighted by Crippen LogP contribution is 2.48. The van der Waals surface area contributed by atoms with E-state index in [1.165, 1.54) is 0 Å². The van der Waals surface area contributed by atoms with Crippen molar-refractivity contribution in [3.05, 3.63) is 35.9 Å². The van der Waals surface area contributed by atoms with Crippen molar-refractivity contribution in [3.63, 3.8) is 0 Å². The number of ether oxygens (including phenoxy) is 1. The van der Waals surface area contributed by atoms with Crippen molar-refractivity contribution < 1.29 is 23.1 Å². The fourth-order valence-corrected chi connectivity index (χ4v) is 8.99. The van der Waals surface area contributed by atoms with E-state index in [9.17, 15) is 18.4 Å². The van der Waals surface area contributed by atoms with Crippen molar-refractivity contribution >= 4 is 11.9 Å². The Bertz CT molecular complexity index is 1100. The van der Waals surface area contributed by atoms with Crippen LogP contribution in [0, 0.1) is 11.8 Å². The third kappa shape index (κ3) is 6.58. The minimum Gasteiger partial charge on any atom is -0.381 e. The van der Waals surface area contributed by atoms with Crippen LogP contribution < -0.4 is 5.32 Å². The standard InChI is InChI=1S/C34H50F2N4O3/c1-24(2)40-32(42)38(22-25-13-18-43-19-14-25)23-33(40)20-28-8-9-29(21-33)39(28)17-12-30(26-6-4-3-5-7-26)37-31(41)27-10-15-34(35,36)16-11-27/h3-7,24-25,27-30H,8-23H2,1-2H3,(H,37,41)/t28-,29+,30-,33?/m0/s1. The number of benzene rings is 1. The minimum absolute atomic E-state index is 0.0911. The van der Waals surface area contributed by atoms with Crippen LogP contribution in [0.25, 0.3) is 0 Å². The first kappa shape index (κ1) is 30.8. The summed E-state index contributed by atoms with van der Waals surface area (Å²) in [6, 6.07) is 11.1.